The van der Waals surface area contributed by atoms with Crippen LogP contribution >= 0.6 is 27.7 Å². The van der Waals surface area contributed by atoms with Crippen molar-refractivity contribution in [1.82, 2.24) is 25.0 Å². The van der Waals surface area contributed by atoms with Gasteiger partial charge in [0, 0.05) is 10.2 Å². The number of aromatic nitrogens is 5. The first-order valence-electron chi connectivity index (χ1n) is 6.79. The first kappa shape index (κ1) is 17.1. The average Bonchev–Trinajstić information content (AvgIpc) is 3.20. The molecule has 8 nitrogen and oxygen atoms in total. The van der Waals surface area contributed by atoms with E-state index in [4.69, 9.17) is 4.42 Å². The lowest BCUT2D eigenvalue weighted by atomic mass is 10.4. The third kappa shape index (κ3) is 4.42. The van der Waals surface area contributed by atoms with E-state index in [1.807, 2.05) is 0 Å². The quantitative estimate of drug-likeness (QED) is 0.525. The highest BCUT2D eigenvalue weighted by atomic mass is 79.9. The first-order chi connectivity index (χ1) is 11.5. The molecule has 11 heteroatoms. The fraction of sp³-hybridized carbons (Fsp3) is 0.231. The second-order valence-electron chi connectivity index (χ2n) is 4.68. The van der Waals surface area contributed by atoms with Gasteiger partial charge in [0.15, 0.2) is 9.84 Å². The number of rotatable bonds is 7. The molecule has 0 saturated carbocycles. The molecule has 2 aromatic heterocycles. The third-order valence-corrected chi connectivity index (χ3v) is 6.30. The molecule has 24 heavy (non-hydrogen) atoms. The van der Waals surface area contributed by atoms with Crippen LogP contribution in [0.4, 0.5) is 0 Å². The van der Waals surface area contributed by atoms with Gasteiger partial charge in [-0.2, -0.15) is 5.10 Å². The summed E-state index contributed by atoms with van der Waals surface area (Å²) < 4.78 is 32.3. The summed E-state index contributed by atoms with van der Waals surface area (Å²) >= 11 is 4.49. The number of benzene rings is 1. The van der Waals surface area contributed by atoms with E-state index in [-0.39, 0.29) is 5.75 Å². The van der Waals surface area contributed by atoms with Gasteiger partial charge in [-0.15, -0.1) is 10.2 Å². The molecular weight excluding hydrogens is 418 g/mol. The summed E-state index contributed by atoms with van der Waals surface area (Å²) in [4.78, 5) is 4.12. The molecule has 3 aromatic rings. The molecule has 0 aliphatic carbocycles. The summed E-state index contributed by atoms with van der Waals surface area (Å²) in [6, 6.07) is 6.56. The Morgan fingerprint density at radius 1 is 1.21 bits per heavy atom. The van der Waals surface area contributed by atoms with Gasteiger partial charge in [-0.1, -0.05) is 27.7 Å². The minimum atomic E-state index is -3.34. The SMILES string of the molecule is O=S(=O)(CCSc1nnc(Cn2cncn2)o1)c1ccc(Br)cc1. The summed E-state index contributed by atoms with van der Waals surface area (Å²) in [5.41, 5.74) is 0. The predicted molar refractivity (Wildman–Crippen MR) is 90.3 cm³/mol. The number of hydrogen-bond acceptors (Lipinski definition) is 8. The number of hydrogen-bond donors (Lipinski definition) is 0. The molecule has 0 aliphatic heterocycles. The Balaban J connectivity index is 1.54. The second kappa shape index (κ2) is 7.45. The van der Waals surface area contributed by atoms with E-state index >= 15 is 0 Å². The van der Waals surface area contributed by atoms with Crippen molar-refractivity contribution in [2.45, 2.75) is 16.7 Å². The fourth-order valence-corrected chi connectivity index (χ4v) is 4.50. The Morgan fingerprint density at radius 2 is 2.00 bits per heavy atom. The Hall–Kier alpha value is -1.72. The zero-order chi connectivity index (χ0) is 17.0. The van der Waals surface area contributed by atoms with Gasteiger partial charge >= 0.3 is 0 Å². The number of halogens is 1. The van der Waals surface area contributed by atoms with Gasteiger partial charge in [-0.25, -0.2) is 18.1 Å². The van der Waals surface area contributed by atoms with Gasteiger partial charge in [-0.05, 0) is 24.3 Å². The minimum absolute atomic E-state index is 0.0138. The van der Waals surface area contributed by atoms with E-state index in [1.54, 1.807) is 35.3 Å². The lowest BCUT2D eigenvalue weighted by Gasteiger charge is -2.03. The normalized spacial score (nSPS) is 11.7. The monoisotopic (exact) mass is 429 g/mol. The average molecular weight is 430 g/mol. The van der Waals surface area contributed by atoms with Crippen molar-refractivity contribution in [2.75, 3.05) is 11.5 Å². The summed E-state index contributed by atoms with van der Waals surface area (Å²) in [7, 11) is -3.34. The Bertz CT molecular complexity index is 894. The largest absolute Gasteiger partial charge is 0.414 e. The van der Waals surface area contributed by atoms with E-state index < -0.39 is 9.84 Å². The molecule has 0 N–H and O–H groups in total. The maximum Gasteiger partial charge on any atom is 0.276 e. The fourth-order valence-electron chi connectivity index (χ4n) is 1.81. The van der Waals surface area contributed by atoms with Crippen molar-refractivity contribution in [3.8, 4) is 0 Å². The highest BCUT2D eigenvalue weighted by molar-refractivity contribution is 9.10. The maximum atomic E-state index is 12.2. The van der Waals surface area contributed by atoms with Crippen LogP contribution in [0.5, 0.6) is 0 Å². The molecule has 3 rings (SSSR count). The zero-order valence-electron chi connectivity index (χ0n) is 12.2. The first-order valence-corrected chi connectivity index (χ1v) is 10.2. The van der Waals surface area contributed by atoms with Crippen molar-refractivity contribution in [3.63, 3.8) is 0 Å². The molecular formula is C13H12BrN5O3S2. The van der Waals surface area contributed by atoms with E-state index in [9.17, 15) is 8.42 Å². The molecule has 0 radical (unpaired) electrons. The molecule has 1 aromatic carbocycles. The summed E-state index contributed by atoms with van der Waals surface area (Å²) in [6.45, 7) is 0.324. The smallest absolute Gasteiger partial charge is 0.276 e. The summed E-state index contributed by atoms with van der Waals surface area (Å²) in [6.07, 6.45) is 2.96. The third-order valence-electron chi connectivity index (χ3n) is 2.96. The van der Waals surface area contributed by atoms with Gasteiger partial charge in [0.25, 0.3) is 5.22 Å². The second-order valence-corrected chi connectivity index (χ2v) is 8.75. The zero-order valence-corrected chi connectivity index (χ0v) is 15.5. The van der Waals surface area contributed by atoms with E-state index in [0.717, 1.165) is 4.47 Å². The van der Waals surface area contributed by atoms with Crippen molar-refractivity contribution in [2.24, 2.45) is 0 Å². The molecule has 0 aliphatic rings. The van der Waals surface area contributed by atoms with E-state index in [0.29, 0.717) is 28.3 Å². The maximum absolute atomic E-state index is 12.2. The van der Waals surface area contributed by atoms with Gasteiger partial charge in [0.2, 0.25) is 5.89 Å². The Morgan fingerprint density at radius 3 is 2.71 bits per heavy atom. The standard InChI is InChI=1S/C13H12BrN5O3S2/c14-10-1-3-11(4-2-10)24(20,21)6-5-23-13-18-17-12(22-13)7-19-9-15-8-16-19/h1-4,8-9H,5-7H2. The van der Waals surface area contributed by atoms with Crippen molar-refractivity contribution >= 4 is 37.5 Å². The molecule has 126 valence electrons. The molecule has 0 unspecified atom stereocenters. The molecule has 0 spiro atoms. The molecule has 0 amide bonds. The van der Waals surface area contributed by atoms with Gasteiger partial charge in [0.05, 0.1) is 10.6 Å². The number of thioether (sulfide) groups is 1. The Labute approximate surface area is 150 Å². The topological polar surface area (TPSA) is 104 Å². The van der Waals surface area contributed by atoms with Gasteiger partial charge in [-0.3, -0.25) is 0 Å². The summed E-state index contributed by atoms with van der Waals surface area (Å²) in [5, 5.41) is 12.1. The highest BCUT2D eigenvalue weighted by Gasteiger charge is 2.15. The predicted octanol–water partition coefficient (Wildman–Crippen LogP) is 2.04. The van der Waals surface area contributed by atoms with Gasteiger partial charge < -0.3 is 4.42 Å². The lowest BCUT2D eigenvalue weighted by Crippen LogP contribution is -2.08. The molecule has 0 bridgehead atoms. The van der Waals surface area contributed by atoms with Crippen LogP contribution in [0.3, 0.4) is 0 Å². The molecule has 0 fully saturated rings. The van der Waals surface area contributed by atoms with Crippen LogP contribution in [0, 0.1) is 0 Å². The van der Waals surface area contributed by atoms with Crippen LogP contribution in [-0.2, 0) is 16.4 Å². The summed E-state index contributed by atoms with van der Waals surface area (Å²) in [5.74, 6) is 0.697. The van der Waals surface area contributed by atoms with Crippen molar-refractivity contribution < 1.29 is 12.8 Å². The molecule has 0 saturated heterocycles. The number of sulfone groups is 1. The number of nitrogens with zero attached hydrogens (tertiary/aromatic N) is 5. The van der Waals surface area contributed by atoms with Crippen LogP contribution in [0.15, 0.2) is 55.9 Å². The van der Waals surface area contributed by atoms with Gasteiger partial charge in [0.1, 0.15) is 19.2 Å². The van der Waals surface area contributed by atoms with Crippen LogP contribution in [0.2, 0.25) is 0 Å². The van der Waals surface area contributed by atoms with Crippen LogP contribution in [0.1, 0.15) is 5.89 Å². The Kier molecular flexibility index (Phi) is 5.31. The van der Waals surface area contributed by atoms with Crippen molar-refractivity contribution in [3.05, 3.63) is 47.3 Å². The van der Waals surface area contributed by atoms with E-state index in [1.165, 1.54) is 18.1 Å². The van der Waals surface area contributed by atoms with Crippen molar-refractivity contribution in [1.29, 1.82) is 0 Å². The van der Waals surface area contributed by atoms with Crippen LogP contribution in [0.25, 0.3) is 0 Å². The van der Waals surface area contributed by atoms with Crippen LogP contribution in [-0.4, -0.2) is 44.9 Å². The lowest BCUT2D eigenvalue weighted by molar-refractivity contribution is 0.397. The minimum Gasteiger partial charge on any atom is -0.414 e. The van der Waals surface area contributed by atoms with Crippen LogP contribution < -0.4 is 0 Å². The van der Waals surface area contributed by atoms with E-state index in [2.05, 4.69) is 36.2 Å². The highest BCUT2D eigenvalue weighted by Crippen LogP contribution is 2.20. The molecule has 0 atom stereocenters. The molecule has 2 heterocycles.